The van der Waals surface area contributed by atoms with Gasteiger partial charge in [0.2, 0.25) is 5.82 Å². The van der Waals surface area contributed by atoms with Gasteiger partial charge in [0.15, 0.2) is 0 Å². The molecule has 3 heterocycles. The summed E-state index contributed by atoms with van der Waals surface area (Å²) in [5.74, 6) is -1.58. The molecule has 1 aliphatic heterocycles. The average molecular weight is 521 g/mol. The molecule has 190 valence electrons. The molecule has 3 aromatic rings. The van der Waals surface area contributed by atoms with Crippen molar-refractivity contribution >= 4 is 34.1 Å². The number of fused-ring (bicyclic) bond motifs is 1. The van der Waals surface area contributed by atoms with E-state index in [0.29, 0.717) is 26.2 Å². The molecule has 1 aliphatic rings. The Labute approximate surface area is 202 Å². The molecule has 1 aromatic carbocycles. The minimum atomic E-state index is -4.86. The quantitative estimate of drug-likeness (QED) is 0.421. The van der Waals surface area contributed by atoms with Crippen molar-refractivity contribution in [2.75, 3.05) is 36.8 Å². The van der Waals surface area contributed by atoms with Crippen LogP contribution in [-0.2, 0) is 12.4 Å². The van der Waals surface area contributed by atoms with Crippen molar-refractivity contribution in [2.24, 2.45) is 0 Å². The van der Waals surface area contributed by atoms with E-state index in [1.54, 1.807) is 4.90 Å². The molecule has 1 saturated heterocycles. The topological polar surface area (TPSA) is 80.0 Å². The van der Waals surface area contributed by atoms with E-state index in [4.69, 9.17) is 17.3 Å². The lowest BCUT2D eigenvalue weighted by atomic mass is 9.99. The van der Waals surface area contributed by atoms with E-state index in [1.165, 1.54) is 13.0 Å². The van der Waals surface area contributed by atoms with E-state index in [-0.39, 0.29) is 38.7 Å². The molecule has 3 N–H and O–H groups in total. The number of nitrogens with one attached hydrogen (secondary N) is 1. The Morgan fingerprint density at radius 2 is 1.57 bits per heavy atom. The van der Waals surface area contributed by atoms with Crippen molar-refractivity contribution in [1.82, 2.24) is 20.3 Å². The second-order valence-corrected chi connectivity index (χ2v) is 7.95. The van der Waals surface area contributed by atoms with Crippen LogP contribution >= 0.6 is 11.6 Å². The molecule has 0 spiro atoms. The predicted octanol–water partition coefficient (Wildman–Crippen LogP) is 5.71. The fourth-order valence-corrected chi connectivity index (χ4v) is 4.06. The highest BCUT2D eigenvalue weighted by Crippen LogP contribution is 2.43. The zero-order valence-electron chi connectivity index (χ0n) is 19.1. The van der Waals surface area contributed by atoms with Gasteiger partial charge in [-0.3, -0.25) is 0 Å². The molecule has 0 bridgehead atoms. The van der Waals surface area contributed by atoms with Crippen LogP contribution in [0.15, 0.2) is 18.2 Å². The molecule has 4 rings (SSSR count). The third-order valence-electron chi connectivity index (χ3n) is 5.21. The lowest BCUT2D eigenvalue weighted by molar-refractivity contribution is -0.144. The standard InChI is InChI=1S/C20H17ClF6N6.C2H6/c1-9-6-14(28)31-16(15(9)19(22,23)24)10-8-13-11(7-12(10)21)17(33-4-2-29-3-5-33)32-18(30-13)20(25,26)27;1-2/h6-8,29H,2-5H2,1H3,(H2,28,31);1-2H3. The first-order chi connectivity index (χ1) is 16.4. The number of hydrogen-bond donors (Lipinski definition) is 2. The Balaban J connectivity index is 0.00000167. The van der Waals surface area contributed by atoms with Gasteiger partial charge in [-0.1, -0.05) is 25.4 Å². The summed E-state index contributed by atoms with van der Waals surface area (Å²) < 4.78 is 82.0. The van der Waals surface area contributed by atoms with Gasteiger partial charge in [0.05, 0.1) is 21.8 Å². The van der Waals surface area contributed by atoms with E-state index in [2.05, 4.69) is 20.3 Å². The summed E-state index contributed by atoms with van der Waals surface area (Å²) in [5.41, 5.74) is 3.37. The molecule has 13 heteroatoms. The van der Waals surface area contributed by atoms with Crippen molar-refractivity contribution in [3.63, 3.8) is 0 Å². The molecule has 6 nitrogen and oxygen atoms in total. The highest BCUT2D eigenvalue weighted by molar-refractivity contribution is 6.34. The molecule has 0 aliphatic carbocycles. The Bertz CT molecular complexity index is 1220. The largest absolute Gasteiger partial charge is 0.451 e. The highest BCUT2D eigenvalue weighted by Gasteiger charge is 2.38. The van der Waals surface area contributed by atoms with E-state index in [9.17, 15) is 26.3 Å². The van der Waals surface area contributed by atoms with Crippen LogP contribution in [0.2, 0.25) is 5.02 Å². The molecule has 1 fully saturated rings. The molecule has 0 unspecified atom stereocenters. The minimum Gasteiger partial charge on any atom is -0.384 e. The normalized spacial score (nSPS) is 14.6. The average Bonchev–Trinajstić information content (AvgIpc) is 2.77. The number of nitrogen functional groups attached to an aromatic ring is 1. The number of halogens is 7. The van der Waals surface area contributed by atoms with Crippen molar-refractivity contribution in [3.05, 3.63) is 40.2 Å². The molecule has 0 amide bonds. The first-order valence-corrected chi connectivity index (χ1v) is 11.1. The lowest BCUT2D eigenvalue weighted by Crippen LogP contribution is -2.44. The van der Waals surface area contributed by atoms with E-state index in [0.717, 1.165) is 12.1 Å². The van der Waals surface area contributed by atoms with Crippen molar-refractivity contribution in [3.8, 4) is 11.3 Å². The first kappa shape index (κ1) is 26.7. The van der Waals surface area contributed by atoms with Gasteiger partial charge in [-0.15, -0.1) is 0 Å². The Morgan fingerprint density at radius 3 is 2.14 bits per heavy atom. The summed E-state index contributed by atoms with van der Waals surface area (Å²) in [5, 5.41) is 3.13. The van der Waals surface area contributed by atoms with Gasteiger partial charge < -0.3 is 16.0 Å². The smallest absolute Gasteiger partial charge is 0.384 e. The zero-order chi connectivity index (χ0) is 26.1. The molecule has 0 saturated carbocycles. The molecule has 2 aromatic heterocycles. The van der Waals surface area contributed by atoms with Crippen LogP contribution in [0.3, 0.4) is 0 Å². The van der Waals surface area contributed by atoms with Crippen LogP contribution in [0.4, 0.5) is 38.0 Å². The van der Waals surface area contributed by atoms with Crippen molar-refractivity contribution in [2.45, 2.75) is 33.1 Å². The first-order valence-electron chi connectivity index (χ1n) is 10.7. The molecular formula is C22H23ClF6N6. The molecule has 0 radical (unpaired) electrons. The SMILES string of the molecule is CC.Cc1cc(N)nc(-c2cc3nc(C(F)(F)F)nc(N4CCNCC4)c3cc2Cl)c1C(F)(F)F. The predicted molar refractivity (Wildman–Crippen MR) is 123 cm³/mol. The summed E-state index contributed by atoms with van der Waals surface area (Å²) >= 11 is 6.35. The van der Waals surface area contributed by atoms with Crippen LogP contribution in [0.5, 0.6) is 0 Å². The van der Waals surface area contributed by atoms with Crippen molar-refractivity contribution < 1.29 is 26.3 Å². The number of benzene rings is 1. The highest BCUT2D eigenvalue weighted by atomic mass is 35.5. The van der Waals surface area contributed by atoms with Crippen LogP contribution < -0.4 is 16.0 Å². The van der Waals surface area contributed by atoms with Crippen LogP contribution in [0.1, 0.15) is 30.8 Å². The number of rotatable bonds is 2. The third kappa shape index (κ3) is 5.53. The number of nitrogens with two attached hydrogens (primary N) is 1. The number of nitrogens with zero attached hydrogens (tertiary/aromatic N) is 4. The minimum absolute atomic E-state index is 0.00929. The Morgan fingerprint density at radius 1 is 0.943 bits per heavy atom. The summed E-state index contributed by atoms with van der Waals surface area (Å²) in [7, 11) is 0. The number of aryl methyl sites for hydroxylation is 1. The number of anilines is 2. The second kappa shape index (κ2) is 10.0. The Kier molecular flexibility index (Phi) is 7.65. The number of hydrogen-bond acceptors (Lipinski definition) is 6. The fraction of sp³-hybridized carbons (Fsp3) is 0.409. The second-order valence-electron chi connectivity index (χ2n) is 7.54. The van der Waals surface area contributed by atoms with Gasteiger partial charge in [-0.25, -0.2) is 15.0 Å². The van der Waals surface area contributed by atoms with Crippen LogP contribution in [-0.4, -0.2) is 41.1 Å². The summed E-state index contributed by atoms with van der Waals surface area (Å²) in [6.07, 6.45) is -9.66. The van der Waals surface area contributed by atoms with Gasteiger partial charge in [-0.05, 0) is 30.7 Å². The van der Waals surface area contributed by atoms with Gasteiger partial charge in [0.25, 0.3) is 0 Å². The van der Waals surface area contributed by atoms with E-state index >= 15 is 0 Å². The number of aromatic nitrogens is 3. The number of pyridine rings is 1. The van der Waals surface area contributed by atoms with E-state index in [1.807, 2.05) is 13.8 Å². The van der Waals surface area contributed by atoms with Crippen LogP contribution in [0.25, 0.3) is 22.2 Å². The molecular weight excluding hydrogens is 498 g/mol. The van der Waals surface area contributed by atoms with E-state index < -0.39 is 29.4 Å². The number of alkyl halides is 6. The van der Waals surface area contributed by atoms with Gasteiger partial charge in [-0.2, -0.15) is 26.3 Å². The maximum atomic E-state index is 13.8. The summed E-state index contributed by atoms with van der Waals surface area (Å²) in [6, 6.07) is 3.40. The Hall–Kier alpha value is -2.86. The number of piperazine rings is 1. The van der Waals surface area contributed by atoms with Crippen molar-refractivity contribution in [1.29, 1.82) is 0 Å². The van der Waals surface area contributed by atoms with Gasteiger partial charge in [0, 0.05) is 37.1 Å². The maximum absolute atomic E-state index is 13.8. The lowest BCUT2D eigenvalue weighted by Gasteiger charge is -2.29. The monoisotopic (exact) mass is 520 g/mol. The molecule has 0 atom stereocenters. The zero-order valence-corrected chi connectivity index (χ0v) is 19.8. The summed E-state index contributed by atoms with van der Waals surface area (Å²) in [4.78, 5) is 12.8. The molecule has 35 heavy (non-hydrogen) atoms. The third-order valence-corrected chi connectivity index (χ3v) is 5.52. The van der Waals surface area contributed by atoms with Gasteiger partial charge >= 0.3 is 12.4 Å². The fourth-order valence-electron chi connectivity index (χ4n) is 3.81. The summed E-state index contributed by atoms with van der Waals surface area (Å²) in [6.45, 7) is 7.04. The van der Waals surface area contributed by atoms with Crippen LogP contribution in [0, 0.1) is 6.92 Å². The van der Waals surface area contributed by atoms with Gasteiger partial charge in [0.1, 0.15) is 11.6 Å². The maximum Gasteiger partial charge on any atom is 0.451 e.